The van der Waals surface area contributed by atoms with Crippen molar-refractivity contribution in [1.82, 2.24) is 10.6 Å². The quantitative estimate of drug-likeness (QED) is 0.725. The van der Waals surface area contributed by atoms with E-state index in [0.717, 1.165) is 24.8 Å². The highest BCUT2D eigenvalue weighted by Gasteiger charge is 2.27. The van der Waals surface area contributed by atoms with Crippen LogP contribution in [0.2, 0.25) is 0 Å². The molecule has 0 spiro atoms. The average Bonchev–Trinajstić information content (AvgIpc) is 2.55. The predicted octanol–water partition coefficient (Wildman–Crippen LogP) is 3.91. The van der Waals surface area contributed by atoms with Crippen molar-refractivity contribution < 1.29 is 9.59 Å². The molecule has 2 atom stereocenters. The Balaban J connectivity index is 2.54. The van der Waals surface area contributed by atoms with Gasteiger partial charge in [-0.25, -0.2) is 4.79 Å². The molecule has 0 aromatic heterocycles. The van der Waals surface area contributed by atoms with E-state index in [1.807, 2.05) is 51.1 Å². The second kappa shape index (κ2) is 10.0. The van der Waals surface area contributed by atoms with E-state index in [9.17, 15) is 9.59 Å². The number of Topliss-reactive ketones (excluding diaryl/α,β-unsaturated/α-hetero) is 1. The Hall–Kier alpha value is -1.84. The molecule has 23 heavy (non-hydrogen) atoms. The molecule has 2 N–H and O–H groups in total. The van der Waals surface area contributed by atoms with Crippen LogP contribution in [0.15, 0.2) is 30.3 Å². The number of hydrogen-bond acceptors (Lipinski definition) is 2. The number of urea groups is 1. The SMILES string of the molecule is CCCCC(C)C(=O)C(NC(=O)NCc1ccccc1)C(C)C. The second-order valence-corrected chi connectivity index (χ2v) is 6.48. The van der Waals surface area contributed by atoms with Gasteiger partial charge in [-0.1, -0.05) is 70.9 Å². The summed E-state index contributed by atoms with van der Waals surface area (Å²) in [6.07, 6.45) is 3.00. The number of unbranched alkanes of at least 4 members (excludes halogenated alkanes) is 1. The maximum Gasteiger partial charge on any atom is 0.315 e. The first-order valence-corrected chi connectivity index (χ1v) is 8.57. The number of rotatable bonds is 9. The molecule has 0 saturated heterocycles. The van der Waals surface area contributed by atoms with Gasteiger partial charge in [-0.15, -0.1) is 0 Å². The second-order valence-electron chi connectivity index (χ2n) is 6.48. The Morgan fingerprint density at radius 1 is 1.09 bits per heavy atom. The zero-order chi connectivity index (χ0) is 17.2. The molecule has 0 saturated carbocycles. The minimum Gasteiger partial charge on any atom is -0.334 e. The average molecular weight is 318 g/mol. The molecule has 0 heterocycles. The van der Waals surface area contributed by atoms with E-state index >= 15 is 0 Å². The number of benzene rings is 1. The first-order chi connectivity index (χ1) is 11.0. The van der Waals surface area contributed by atoms with Crippen LogP contribution in [0.3, 0.4) is 0 Å². The maximum atomic E-state index is 12.6. The zero-order valence-corrected chi connectivity index (χ0v) is 14.8. The molecule has 0 fully saturated rings. The van der Waals surface area contributed by atoms with E-state index in [0.29, 0.717) is 6.54 Å². The van der Waals surface area contributed by atoms with Gasteiger partial charge in [0.1, 0.15) is 0 Å². The van der Waals surface area contributed by atoms with Gasteiger partial charge in [0.25, 0.3) is 0 Å². The molecule has 2 unspecified atom stereocenters. The number of ketones is 1. The van der Waals surface area contributed by atoms with Crippen LogP contribution in [0.1, 0.15) is 52.5 Å². The van der Waals surface area contributed by atoms with Crippen molar-refractivity contribution in [3.63, 3.8) is 0 Å². The lowest BCUT2D eigenvalue weighted by atomic mass is 9.89. The van der Waals surface area contributed by atoms with E-state index in [1.54, 1.807) is 0 Å². The standard InChI is InChI=1S/C19H30N2O2/c1-5-6-10-15(4)18(22)17(14(2)3)21-19(23)20-13-16-11-8-7-9-12-16/h7-9,11-12,14-15,17H,5-6,10,13H2,1-4H3,(H2,20,21,23). The molecule has 0 bridgehead atoms. The van der Waals surface area contributed by atoms with Crippen molar-refractivity contribution >= 4 is 11.8 Å². The lowest BCUT2D eigenvalue weighted by molar-refractivity contribution is -0.125. The van der Waals surface area contributed by atoms with Crippen LogP contribution < -0.4 is 10.6 Å². The van der Waals surface area contributed by atoms with Crippen molar-refractivity contribution in [2.24, 2.45) is 11.8 Å². The summed E-state index contributed by atoms with van der Waals surface area (Å²) in [7, 11) is 0. The Morgan fingerprint density at radius 2 is 1.74 bits per heavy atom. The Kier molecular flexibility index (Phi) is 8.38. The van der Waals surface area contributed by atoms with Gasteiger partial charge < -0.3 is 10.6 Å². The number of hydrogen-bond donors (Lipinski definition) is 2. The largest absolute Gasteiger partial charge is 0.334 e. The van der Waals surface area contributed by atoms with Gasteiger partial charge >= 0.3 is 6.03 Å². The van der Waals surface area contributed by atoms with Crippen molar-refractivity contribution in [2.75, 3.05) is 0 Å². The molecule has 4 heteroatoms. The fraction of sp³-hybridized carbons (Fsp3) is 0.579. The van der Waals surface area contributed by atoms with Crippen molar-refractivity contribution in [3.05, 3.63) is 35.9 Å². The lowest BCUT2D eigenvalue weighted by Crippen LogP contribution is -2.50. The smallest absolute Gasteiger partial charge is 0.315 e. The van der Waals surface area contributed by atoms with E-state index in [1.165, 1.54) is 0 Å². The van der Waals surface area contributed by atoms with Crippen LogP contribution >= 0.6 is 0 Å². The highest BCUT2D eigenvalue weighted by molar-refractivity contribution is 5.90. The van der Waals surface area contributed by atoms with Gasteiger partial charge in [0.15, 0.2) is 5.78 Å². The molecule has 0 radical (unpaired) electrons. The predicted molar refractivity (Wildman–Crippen MR) is 94.1 cm³/mol. The molecule has 2 amide bonds. The molecule has 4 nitrogen and oxygen atoms in total. The van der Waals surface area contributed by atoms with Crippen LogP contribution in [0.25, 0.3) is 0 Å². The van der Waals surface area contributed by atoms with E-state index in [2.05, 4.69) is 17.6 Å². The molecule has 1 aromatic carbocycles. The Morgan fingerprint density at radius 3 is 2.30 bits per heavy atom. The lowest BCUT2D eigenvalue weighted by Gasteiger charge is -2.24. The number of carbonyl (C=O) groups is 2. The molecule has 0 aliphatic heterocycles. The van der Waals surface area contributed by atoms with E-state index < -0.39 is 6.04 Å². The first kappa shape index (κ1) is 19.2. The summed E-state index contributed by atoms with van der Waals surface area (Å²) >= 11 is 0. The Labute approximate surface area is 140 Å². The third-order valence-corrected chi connectivity index (χ3v) is 4.03. The van der Waals surface area contributed by atoms with Crippen LogP contribution in [0.4, 0.5) is 4.79 Å². The third-order valence-electron chi connectivity index (χ3n) is 4.03. The number of nitrogens with one attached hydrogen (secondary N) is 2. The molecule has 1 aromatic rings. The minimum atomic E-state index is -0.433. The molecular weight excluding hydrogens is 288 g/mol. The topological polar surface area (TPSA) is 58.2 Å². The summed E-state index contributed by atoms with van der Waals surface area (Å²) in [4.78, 5) is 24.7. The van der Waals surface area contributed by atoms with Crippen molar-refractivity contribution in [3.8, 4) is 0 Å². The highest BCUT2D eigenvalue weighted by atomic mass is 16.2. The summed E-state index contributed by atoms with van der Waals surface area (Å²) in [6.45, 7) is 8.46. The first-order valence-electron chi connectivity index (χ1n) is 8.57. The minimum absolute atomic E-state index is 0.0169. The van der Waals surface area contributed by atoms with Crippen molar-refractivity contribution in [1.29, 1.82) is 0 Å². The van der Waals surface area contributed by atoms with Gasteiger partial charge in [-0.2, -0.15) is 0 Å². The fourth-order valence-corrected chi connectivity index (χ4v) is 2.50. The van der Waals surface area contributed by atoms with E-state index in [4.69, 9.17) is 0 Å². The van der Waals surface area contributed by atoms with Gasteiger partial charge in [0, 0.05) is 12.5 Å². The van der Waals surface area contributed by atoms with Gasteiger partial charge in [-0.05, 0) is 17.9 Å². The van der Waals surface area contributed by atoms with Crippen LogP contribution in [0.5, 0.6) is 0 Å². The highest BCUT2D eigenvalue weighted by Crippen LogP contribution is 2.15. The maximum absolute atomic E-state index is 12.6. The molecular formula is C19H30N2O2. The number of carbonyl (C=O) groups excluding carboxylic acids is 2. The van der Waals surface area contributed by atoms with Crippen LogP contribution in [-0.4, -0.2) is 17.9 Å². The van der Waals surface area contributed by atoms with Crippen molar-refractivity contribution in [2.45, 2.75) is 59.5 Å². The summed E-state index contributed by atoms with van der Waals surface area (Å²) in [5.41, 5.74) is 1.03. The fourth-order valence-electron chi connectivity index (χ4n) is 2.50. The van der Waals surface area contributed by atoms with Gasteiger partial charge in [-0.3, -0.25) is 4.79 Å². The molecule has 128 valence electrons. The normalized spacial score (nSPS) is 13.4. The summed E-state index contributed by atoms with van der Waals surface area (Å²) in [5.74, 6) is 0.189. The molecule has 1 rings (SSSR count). The molecule has 0 aliphatic carbocycles. The third kappa shape index (κ3) is 6.85. The van der Waals surface area contributed by atoms with E-state index in [-0.39, 0.29) is 23.7 Å². The summed E-state index contributed by atoms with van der Waals surface area (Å²) in [5, 5.41) is 5.66. The van der Waals surface area contributed by atoms with Gasteiger partial charge in [0.2, 0.25) is 0 Å². The van der Waals surface area contributed by atoms with Crippen LogP contribution in [-0.2, 0) is 11.3 Å². The zero-order valence-electron chi connectivity index (χ0n) is 14.8. The summed E-state index contributed by atoms with van der Waals surface area (Å²) in [6, 6.07) is 9.00. The van der Waals surface area contributed by atoms with Gasteiger partial charge in [0.05, 0.1) is 6.04 Å². The van der Waals surface area contributed by atoms with Crippen LogP contribution in [0, 0.1) is 11.8 Å². The molecule has 0 aliphatic rings. The Bertz CT molecular complexity index is 485. The monoisotopic (exact) mass is 318 g/mol. The summed E-state index contributed by atoms with van der Waals surface area (Å²) < 4.78 is 0. The number of amides is 2.